The molecule has 22 heavy (non-hydrogen) atoms. The Kier molecular flexibility index (Phi) is 3.80. The normalized spacial score (nSPS) is 18.8. The third-order valence-electron chi connectivity index (χ3n) is 3.75. The summed E-state index contributed by atoms with van der Waals surface area (Å²) < 4.78 is 27.7. The van der Waals surface area contributed by atoms with E-state index in [-0.39, 0.29) is 22.8 Å². The van der Waals surface area contributed by atoms with Crippen LogP contribution in [0.1, 0.15) is 36.2 Å². The molecule has 2 atom stereocenters. The zero-order chi connectivity index (χ0) is 15.9. The van der Waals surface area contributed by atoms with Crippen molar-refractivity contribution >= 4 is 33.0 Å². The number of fused-ring (bicyclic) bond motifs is 1. The number of hydrogen-bond donors (Lipinski definition) is 2. The molecule has 1 aromatic carbocycles. The van der Waals surface area contributed by atoms with Gasteiger partial charge in [-0.25, -0.2) is 13.1 Å². The van der Waals surface area contributed by atoms with E-state index in [1.807, 2.05) is 24.4 Å². The molecule has 0 unspecified atom stereocenters. The molecule has 7 heteroatoms. The highest BCUT2D eigenvalue weighted by Gasteiger charge is 2.28. The van der Waals surface area contributed by atoms with Crippen LogP contribution in [-0.2, 0) is 14.8 Å². The number of carbonyl (C=O) groups is 1. The first kappa shape index (κ1) is 15.2. The summed E-state index contributed by atoms with van der Waals surface area (Å²) in [7, 11) is -3.63. The van der Waals surface area contributed by atoms with Gasteiger partial charge in [0.2, 0.25) is 15.9 Å². The third-order valence-corrected chi connectivity index (χ3v) is 6.35. The average molecular weight is 336 g/mol. The van der Waals surface area contributed by atoms with Gasteiger partial charge in [-0.1, -0.05) is 6.07 Å². The lowest BCUT2D eigenvalue weighted by Gasteiger charge is -2.13. The van der Waals surface area contributed by atoms with Crippen LogP contribution in [0.5, 0.6) is 0 Å². The van der Waals surface area contributed by atoms with Gasteiger partial charge in [0.05, 0.1) is 16.9 Å². The second-order valence-corrected chi connectivity index (χ2v) is 8.01. The minimum Gasteiger partial charge on any atom is -0.325 e. The van der Waals surface area contributed by atoms with Gasteiger partial charge in [-0.05, 0) is 49.1 Å². The first-order chi connectivity index (χ1) is 10.4. The maximum absolute atomic E-state index is 12.5. The van der Waals surface area contributed by atoms with Gasteiger partial charge >= 0.3 is 0 Å². The molecule has 116 valence electrons. The zero-order valence-corrected chi connectivity index (χ0v) is 13.8. The molecule has 0 saturated heterocycles. The SMILES string of the molecule is C[C@H](NS(=O)(=O)c1ccc2c(c1)[C@@H](C)C(=O)N2)c1cccs1. The summed E-state index contributed by atoms with van der Waals surface area (Å²) in [6, 6.07) is 8.21. The highest BCUT2D eigenvalue weighted by molar-refractivity contribution is 7.89. The monoisotopic (exact) mass is 336 g/mol. The smallest absolute Gasteiger partial charge is 0.241 e. The quantitative estimate of drug-likeness (QED) is 0.901. The van der Waals surface area contributed by atoms with Crippen molar-refractivity contribution in [3.05, 3.63) is 46.2 Å². The second kappa shape index (κ2) is 5.49. The summed E-state index contributed by atoms with van der Waals surface area (Å²) in [5.41, 5.74) is 1.40. The Hall–Kier alpha value is -1.70. The van der Waals surface area contributed by atoms with E-state index < -0.39 is 10.0 Å². The number of benzene rings is 1. The summed E-state index contributed by atoms with van der Waals surface area (Å²) in [5.74, 6) is -0.440. The van der Waals surface area contributed by atoms with Crippen LogP contribution >= 0.6 is 11.3 Å². The molecule has 1 aromatic heterocycles. The molecule has 1 aliphatic heterocycles. The van der Waals surface area contributed by atoms with Crippen LogP contribution in [0.25, 0.3) is 0 Å². The van der Waals surface area contributed by atoms with Crippen LogP contribution in [0, 0.1) is 0 Å². The van der Waals surface area contributed by atoms with E-state index in [0.29, 0.717) is 5.69 Å². The fourth-order valence-corrected chi connectivity index (χ4v) is 4.53. The largest absolute Gasteiger partial charge is 0.325 e. The van der Waals surface area contributed by atoms with Crippen molar-refractivity contribution in [2.24, 2.45) is 0 Å². The van der Waals surface area contributed by atoms with Gasteiger partial charge in [-0.15, -0.1) is 11.3 Å². The van der Waals surface area contributed by atoms with E-state index in [0.717, 1.165) is 10.4 Å². The van der Waals surface area contributed by atoms with E-state index in [1.165, 1.54) is 17.4 Å². The molecule has 0 bridgehead atoms. The van der Waals surface area contributed by atoms with E-state index in [4.69, 9.17) is 0 Å². The number of amides is 1. The molecule has 0 spiro atoms. The molecule has 0 fully saturated rings. The molecule has 0 radical (unpaired) electrons. The summed E-state index contributed by atoms with van der Waals surface area (Å²) in [4.78, 5) is 12.8. The molecule has 5 nitrogen and oxygen atoms in total. The van der Waals surface area contributed by atoms with Gasteiger partial charge in [0, 0.05) is 10.6 Å². The molecular weight excluding hydrogens is 320 g/mol. The minimum atomic E-state index is -3.63. The number of thiophene rings is 1. The first-order valence-electron chi connectivity index (χ1n) is 6.89. The lowest BCUT2D eigenvalue weighted by molar-refractivity contribution is -0.116. The van der Waals surface area contributed by atoms with Crippen molar-refractivity contribution < 1.29 is 13.2 Å². The predicted molar refractivity (Wildman–Crippen MR) is 86.5 cm³/mol. The van der Waals surface area contributed by atoms with E-state index >= 15 is 0 Å². The Labute approximate surface area is 133 Å². The number of anilines is 1. The Morgan fingerprint density at radius 3 is 2.77 bits per heavy atom. The lowest BCUT2D eigenvalue weighted by atomic mass is 10.0. The Bertz CT molecular complexity index is 813. The van der Waals surface area contributed by atoms with Crippen molar-refractivity contribution in [3.63, 3.8) is 0 Å². The molecule has 1 aliphatic rings. The molecule has 2 N–H and O–H groups in total. The Morgan fingerprint density at radius 2 is 2.09 bits per heavy atom. The van der Waals surface area contributed by atoms with Crippen LogP contribution in [0.3, 0.4) is 0 Å². The van der Waals surface area contributed by atoms with E-state index in [2.05, 4.69) is 10.0 Å². The van der Waals surface area contributed by atoms with Crippen molar-refractivity contribution in [2.75, 3.05) is 5.32 Å². The van der Waals surface area contributed by atoms with Crippen molar-refractivity contribution in [1.29, 1.82) is 0 Å². The molecule has 2 heterocycles. The summed E-state index contributed by atoms with van der Waals surface area (Å²) in [6.45, 7) is 3.57. The number of rotatable bonds is 4. The highest BCUT2D eigenvalue weighted by atomic mass is 32.2. The Morgan fingerprint density at radius 1 is 1.32 bits per heavy atom. The summed E-state index contributed by atoms with van der Waals surface area (Å²) in [5, 5.41) is 4.65. The van der Waals surface area contributed by atoms with E-state index in [9.17, 15) is 13.2 Å². The number of sulfonamides is 1. The molecular formula is C15H16N2O3S2. The third kappa shape index (κ3) is 2.67. The van der Waals surface area contributed by atoms with Crippen LogP contribution in [-0.4, -0.2) is 14.3 Å². The van der Waals surface area contributed by atoms with E-state index in [1.54, 1.807) is 19.1 Å². The van der Waals surface area contributed by atoms with Gasteiger partial charge in [0.15, 0.2) is 0 Å². The first-order valence-corrected chi connectivity index (χ1v) is 9.25. The minimum absolute atomic E-state index is 0.107. The van der Waals surface area contributed by atoms with Gasteiger partial charge in [0.1, 0.15) is 0 Å². The fourth-order valence-electron chi connectivity index (χ4n) is 2.46. The van der Waals surface area contributed by atoms with Crippen molar-refractivity contribution in [3.8, 4) is 0 Å². The second-order valence-electron chi connectivity index (χ2n) is 5.32. The predicted octanol–water partition coefficient (Wildman–Crippen LogP) is 2.84. The average Bonchev–Trinajstić information content (AvgIpc) is 3.08. The fraction of sp³-hybridized carbons (Fsp3) is 0.267. The summed E-state index contributed by atoms with van der Waals surface area (Å²) in [6.07, 6.45) is 0. The lowest BCUT2D eigenvalue weighted by Crippen LogP contribution is -2.26. The summed E-state index contributed by atoms with van der Waals surface area (Å²) >= 11 is 1.51. The maximum atomic E-state index is 12.5. The standard InChI is InChI=1S/C15H16N2O3S2/c1-9-12-8-11(5-6-13(12)16-15(9)18)22(19,20)17-10(2)14-4-3-7-21-14/h3-10,17H,1-2H3,(H,16,18)/t9-,10+/m1/s1. The van der Waals surface area contributed by atoms with Crippen LogP contribution < -0.4 is 10.0 Å². The van der Waals surface area contributed by atoms with Gasteiger partial charge in [-0.3, -0.25) is 4.79 Å². The van der Waals surface area contributed by atoms with Gasteiger partial charge < -0.3 is 5.32 Å². The van der Waals surface area contributed by atoms with Gasteiger partial charge in [0.25, 0.3) is 0 Å². The molecule has 2 aromatic rings. The number of nitrogens with one attached hydrogen (secondary N) is 2. The van der Waals surface area contributed by atoms with Gasteiger partial charge in [-0.2, -0.15) is 0 Å². The van der Waals surface area contributed by atoms with Crippen LogP contribution in [0.2, 0.25) is 0 Å². The maximum Gasteiger partial charge on any atom is 0.241 e. The van der Waals surface area contributed by atoms with Crippen LogP contribution in [0.4, 0.5) is 5.69 Å². The zero-order valence-electron chi connectivity index (χ0n) is 12.2. The number of hydrogen-bond acceptors (Lipinski definition) is 4. The van der Waals surface area contributed by atoms with Crippen molar-refractivity contribution in [1.82, 2.24) is 4.72 Å². The molecule has 0 saturated carbocycles. The highest BCUT2D eigenvalue weighted by Crippen LogP contribution is 2.34. The number of carbonyl (C=O) groups excluding carboxylic acids is 1. The van der Waals surface area contributed by atoms with Crippen molar-refractivity contribution in [2.45, 2.75) is 30.7 Å². The molecule has 1 amide bonds. The van der Waals surface area contributed by atoms with Crippen LogP contribution in [0.15, 0.2) is 40.6 Å². The molecule has 3 rings (SSSR count). The topological polar surface area (TPSA) is 75.3 Å². The molecule has 0 aliphatic carbocycles. The Balaban J connectivity index is 1.89.